The summed E-state index contributed by atoms with van der Waals surface area (Å²) >= 11 is 2.22. The van der Waals surface area contributed by atoms with Crippen LogP contribution in [-0.2, 0) is 0 Å². The zero-order valence-corrected chi connectivity index (χ0v) is 14.1. The van der Waals surface area contributed by atoms with Crippen molar-refractivity contribution in [2.75, 3.05) is 12.4 Å². The molecule has 0 unspecified atom stereocenters. The molecule has 0 radical (unpaired) electrons. The van der Waals surface area contributed by atoms with Gasteiger partial charge in [0.1, 0.15) is 5.75 Å². The zero-order chi connectivity index (χ0) is 15.5. The summed E-state index contributed by atoms with van der Waals surface area (Å²) in [4.78, 5) is 12.4. The lowest BCUT2D eigenvalue weighted by atomic mass is 10.1. The van der Waals surface area contributed by atoms with Gasteiger partial charge in [-0.3, -0.25) is 4.79 Å². The predicted octanol–water partition coefficient (Wildman–Crippen LogP) is 4.71. The number of methoxy groups -OCH3 is 1. The van der Waals surface area contributed by atoms with E-state index in [9.17, 15) is 4.79 Å². The summed E-state index contributed by atoms with van der Waals surface area (Å²) in [6.07, 6.45) is 0. The van der Waals surface area contributed by atoms with Crippen molar-refractivity contribution in [3.8, 4) is 5.75 Å². The van der Waals surface area contributed by atoms with Crippen LogP contribution in [0, 0.1) is 3.57 Å². The molecule has 0 aromatic heterocycles. The molecule has 0 saturated carbocycles. The largest absolute Gasteiger partial charge is 0.496 e. The maximum atomic E-state index is 12.4. The third kappa shape index (κ3) is 2.92. The Morgan fingerprint density at radius 3 is 2.32 bits per heavy atom. The summed E-state index contributed by atoms with van der Waals surface area (Å²) in [5.41, 5.74) is 1.42. The Bertz CT molecular complexity index is 828. The van der Waals surface area contributed by atoms with Gasteiger partial charge in [-0.25, -0.2) is 0 Å². The van der Waals surface area contributed by atoms with Crippen molar-refractivity contribution in [2.45, 2.75) is 0 Å². The van der Waals surface area contributed by atoms with Gasteiger partial charge < -0.3 is 10.1 Å². The summed E-state index contributed by atoms with van der Waals surface area (Å²) in [6.45, 7) is 0. The molecule has 0 aliphatic rings. The Hall–Kier alpha value is -2.08. The second-order valence-electron chi connectivity index (χ2n) is 4.82. The Kier molecular flexibility index (Phi) is 4.29. The molecule has 3 nitrogen and oxygen atoms in total. The van der Waals surface area contributed by atoms with Crippen molar-refractivity contribution in [2.24, 2.45) is 0 Å². The maximum absolute atomic E-state index is 12.4. The first-order valence-electron chi connectivity index (χ1n) is 6.81. The number of hydrogen-bond acceptors (Lipinski definition) is 2. The van der Waals surface area contributed by atoms with Crippen molar-refractivity contribution in [1.82, 2.24) is 0 Å². The highest BCUT2D eigenvalue weighted by atomic mass is 127. The number of nitrogens with one attached hydrogen (secondary N) is 1. The van der Waals surface area contributed by atoms with E-state index >= 15 is 0 Å². The molecule has 22 heavy (non-hydrogen) atoms. The van der Waals surface area contributed by atoms with Gasteiger partial charge in [0.15, 0.2) is 0 Å². The van der Waals surface area contributed by atoms with Gasteiger partial charge in [-0.05, 0) is 59.0 Å². The Morgan fingerprint density at radius 2 is 1.64 bits per heavy atom. The fourth-order valence-corrected chi connectivity index (χ4v) is 2.71. The normalized spacial score (nSPS) is 10.5. The lowest BCUT2D eigenvalue weighted by molar-refractivity contribution is 0.102. The molecular formula is C18H14INO2. The second kappa shape index (κ2) is 6.36. The summed E-state index contributed by atoms with van der Waals surface area (Å²) in [6, 6.07) is 19.1. The molecule has 3 rings (SSSR count). The van der Waals surface area contributed by atoms with Crippen LogP contribution in [0.1, 0.15) is 10.4 Å². The van der Waals surface area contributed by atoms with Crippen molar-refractivity contribution in [3.05, 3.63) is 69.8 Å². The molecule has 0 aliphatic carbocycles. The van der Waals surface area contributed by atoms with Crippen LogP contribution in [0.15, 0.2) is 60.7 Å². The fourth-order valence-electron chi connectivity index (χ4n) is 2.35. The first kappa shape index (κ1) is 14.8. The van der Waals surface area contributed by atoms with Crippen LogP contribution in [-0.4, -0.2) is 13.0 Å². The molecule has 3 aromatic carbocycles. The van der Waals surface area contributed by atoms with E-state index in [1.165, 1.54) is 0 Å². The number of rotatable bonds is 3. The highest BCUT2D eigenvalue weighted by Crippen LogP contribution is 2.31. The monoisotopic (exact) mass is 403 g/mol. The fraction of sp³-hybridized carbons (Fsp3) is 0.0556. The van der Waals surface area contributed by atoms with E-state index in [0.717, 1.165) is 25.8 Å². The van der Waals surface area contributed by atoms with Gasteiger partial charge in [0.2, 0.25) is 0 Å². The van der Waals surface area contributed by atoms with Crippen LogP contribution >= 0.6 is 22.6 Å². The van der Waals surface area contributed by atoms with Gasteiger partial charge in [-0.1, -0.05) is 24.3 Å². The van der Waals surface area contributed by atoms with E-state index in [0.29, 0.717) is 5.56 Å². The van der Waals surface area contributed by atoms with Gasteiger partial charge in [-0.2, -0.15) is 0 Å². The first-order chi connectivity index (χ1) is 10.7. The van der Waals surface area contributed by atoms with Gasteiger partial charge in [0.25, 0.3) is 5.91 Å². The maximum Gasteiger partial charge on any atom is 0.255 e. The molecule has 0 saturated heterocycles. The number of ether oxygens (including phenoxy) is 1. The third-order valence-corrected chi connectivity index (χ3v) is 4.18. The number of hydrogen-bond donors (Lipinski definition) is 1. The quantitative estimate of drug-likeness (QED) is 0.644. The number of benzene rings is 3. The van der Waals surface area contributed by atoms with Crippen LogP contribution in [0.25, 0.3) is 10.8 Å². The lowest BCUT2D eigenvalue weighted by Gasteiger charge is -2.11. The number of carbonyl (C=O) groups excluding carboxylic acids is 1. The van der Waals surface area contributed by atoms with Gasteiger partial charge in [-0.15, -0.1) is 0 Å². The predicted molar refractivity (Wildman–Crippen MR) is 97.6 cm³/mol. The van der Waals surface area contributed by atoms with E-state index in [4.69, 9.17) is 4.74 Å². The van der Waals surface area contributed by atoms with Gasteiger partial charge >= 0.3 is 0 Å². The van der Waals surface area contributed by atoms with Crippen molar-refractivity contribution < 1.29 is 9.53 Å². The number of amides is 1. The number of fused-ring (bicyclic) bond motifs is 1. The van der Waals surface area contributed by atoms with E-state index in [-0.39, 0.29) is 5.91 Å². The topological polar surface area (TPSA) is 38.3 Å². The Labute approximate surface area is 142 Å². The van der Waals surface area contributed by atoms with Crippen LogP contribution in [0.5, 0.6) is 5.75 Å². The van der Waals surface area contributed by atoms with Crippen LogP contribution in [0.3, 0.4) is 0 Å². The molecule has 1 N–H and O–H groups in total. The second-order valence-corrected chi connectivity index (χ2v) is 6.07. The van der Waals surface area contributed by atoms with Crippen molar-refractivity contribution in [3.63, 3.8) is 0 Å². The molecule has 110 valence electrons. The first-order valence-corrected chi connectivity index (χ1v) is 7.89. The zero-order valence-electron chi connectivity index (χ0n) is 12.0. The molecule has 0 fully saturated rings. The van der Waals surface area contributed by atoms with Crippen LogP contribution in [0.2, 0.25) is 0 Å². The SMILES string of the molecule is COc1ccc(NC(=O)c2ccc(I)cc2)c2ccccc12. The summed E-state index contributed by atoms with van der Waals surface area (Å²) < 4.78 is 6.47. The molecular weight excluding hydrogens is 389 g/mol. The van der Waals surface area contributed by atoms with Gasteiger partial charge in [0, 0.05) is 25.6 Å². The molecule has 0 aliphatic heterocycles. The highest BCUT2D eigenvalue weighted by molar-refractivity contribution is 14.1. The average Bonchev–Trinajstić information content (AvgIpc) is 2.55. The Morgan fingerprint density at radius 1 is 0.955 bits per heavy atom. The Balaban J connectivity index is 1.97. The van der Waals surface area contributed by atoms with Crippen LogP contribution in [0.4, 0.5) is 5.69 Å². The van der Waals surface area contributed by atoms with E-state index < -0.39 is 0 Å². The molecule has 0 bridgehead atoms. The lowest BCUT2D eigenvalue weighted by Crippen LogP contribution is -2.12. The molecule has 3 aromatic rings. The summed E-state index contributed by atoms with van der Waals surface area (Å²) in [5, 5.41) is 4.91. The highest BCUT2D eigenvalue weighted by Gasteiger charge is 2.10. The van der Waals surface area contributed by atoms with Crippen molar-refractivity contribution >= 4 is 45.0 Å². The van der Waals surface area contributed by atoms with Crippen molar-refractivity contribution in [1.29, 1.82) is 0 Å². The standard InChI is InChI=1S/C18H14INO2/c1-22-17-11-10-16(14-4-2-3-5-15(14)17)20-18(21)12-6-8-13(19)9-7-12/h2-11H,1H3,(H,20,21). The van der Waals surface area contributed by atoms with Gasteiger partial charge in [0.05, 0.1) is 7.11 Å². The summed E-state index contributed by atoms with van der Waals surface area (Å²) in [7, 11) is 1.64. The minimum Gasteiger partial charge on any atom is -0.496 e. The average molecular weight is 403 g/mol. The van der Waals surface area contributed by atoms with E-state index in [1.54, 1.807) is 7.11 Å². The smallest absolute Gasteiger partial charge is 0.255 e. The minimum atomic E-state index is -0.119. The summed E-state index contributed by atoms with van der Waals surface area (Å²) in [5.74, 6) is 0.676. The number of carbonyl (C=O) groups is 1. The van der Waals surface area contributed by atoms with E-state index in [1.807, 2.05) is 60.7 Å². The molecule has 0 heterocycles. The molecule has 0 spiro atoms. The number of halogens is 1. The molecule has 0 atom stereocenters. The number of anilines is 1. The molecule has 1 amide bonds. The minimum absolute atomic E-state index is 0.119. The van der Waals surface area contributed by atoms with Crippen LogP contribution < -0.4 is 10.1 Å². The van der Waals surface area contributed by atoms with E-state index in [2.05, 4.69) is 27.9 Å². The molecule has 4 heteroatoms. The third-order valence-electron chi connectivity index (χ3n) is 3.46.